The van der Waals surface area contributed by atoms with Crippen molar-refractivity contribution in [1.82, 2.24) is 5.32 Å². The Hall–Kier alpha value is -0.450. The molecule has 0 amide bonds. The number of rotatable bonds is 5. The Bertz CT molecular complexity index is 488. The van der Waals surface area contributed by atoms with Crippen molar-refractivity contribution < 1.29 is 0 Å². The predicted molar refractivity (Wildman–Crippen MR) is 105 cm³/mol. The van der Waals surface area contributed by atoms with Gasteiger partial charge in [0.1, 0.15) is 0 Å². The largest absolute Gasteiger partial charge is 0.325 e. The second-order valence-corrected chi connectivity index (χ2v) is 9.99. The molecule has 0 bridgehead atoms. The van der Waals surface area contributed by atoms with Crippen LogP contribution in [0.2, 0.25) is 0 Å². The summed E-state index contributed by atoms with van der Waals surface area (Å²) < 4.78 is 0. The van der Waals surface area contributed by atoms with Crippen LogP contribution in [-0.2, 0) is 0 Å². The van der Waals surface area contributed by atoms with E-state index in [-0.39, 0.29) is 21.9 Å². The van der Waals surface area contributed by atoms with Crippen molar-refractivity contribution in [3.05, 3.63) is 0 Å². The van der Waals surface area contributed by atoms with E-state index in [4.69, 9.17) is 16.5 Å². The van der Waals surface area contributed by atoms with Crippen LogP contribution in [0, 0.1) is 10.8 Å². The van der Waals surface area contributed by atoms with Gasteiger partial charge in [0.15, 0.2) is 0 Å². The molecule has 4 heteroatoms. The van der Waals surface area contributed by atoms with Gasteiger partial charge < -0.3 is 16.8 Å². The van der Waals surface area contributed by atoms with Gasteiger partial charge >= 0.3 is 0 Å². The van der Waals surface area contributed by atoms with Crippen molar-refractivity contribution in [1.29, 1.82) is 0 Å². The zero-order valence-corrected chi connectivity index (χ0v) is 17.0. The molecule has 4 atom stereocenters. The van der Waals surface area contributed by atoms with Crippen LogP contribution in [-0.4, -0.2) is 35.4 Å². The maximum atomic E-state index is 6.47. The Morgan fingerprint density at radius 1 is 0.958 bits per heavy atom. The molecule has 24 heavy (non-hydrogen) atoms. The summed E-state index contributed by atoms with van der Waals surface area (Å²) in [7, 11) is 0. The molecule has 0 aromatic carbocycles. The highest BCUT2D eigenvalue weighted by Gasteiger charge is 2.50. The van der Waals surface area contributed by atoms with E-state index in [1.54, 1.807) is 0 Å². The molecule has 0 aromatic heterocycles. The van der Waals surface area contributed by atoms with E-state index >= 15 is 0 Å². The fourth-order valence-corrected chi connectivity index (χ4v) is 4.37. The van der Waals surface area contributed by atoms with Gasteiger partial charge in [-0.1, -0.05) is 27.7 Å². The molecule has 5 N–H and O–H groups in total. The SMILES string of the molecule is CC(CCN[C@H]1CC[C@@](C)(N)C1(C)C)=N[C@H]1CC[C@@](C)(N)C1(C)C. The van der Waals surface area contributed by atoms with Crippen LogP contribution in [0.25, 0.3) is 0 Å². The van der Waals surface area contributed by atoms with Gasteiger partial charge in [-0.05, 0) is 58.3 Å². The second kappa shape index (κ2) is 6.37. The molecule has 0 heterocycles. The molecule has 2 fully saturated rings. The lowest BCUT2D eigenvalue weighted by Crippen LogP contribution is -2.53. The summed E-state index contributed by atoms with van der Waals surface area (Å²) in [5.74, 6) is 0. The van der Waals surface area contributed by atoms with Crippen LogP contribution >= 0.6 is 0 Å². The minimum Gasteiger partial charge on any atom is -0.325 e. The minimum absolute atomic E-state index is 0.0660. The maximum Gasteiger partial charge on any atom is 0.0567 e. The molecule has 0 spiro atoms. The summed E-state index contributed by atoms with van der Waals surface area (Å²) in [6, 6.07) is 0.846. The fraction of sp³-hybridized carbons (Fsp3) is 0.950. The molecule has 2 aliphatic rings. The monoisotopic (exact) mass is 336 g/mol. The molecule has 0 aromatic rings. The van der Waals surface area contributed by atoms with Crippen LogP contribution in [0.1, 0.15) is 80.6 Å². The fourth-order valence-electron chi connectivity index (χ4n) is 4.37. The van der Waals surface area contributed by atoms with Gasteiger partial charge in [-0.2, -0.15) is 0 Å². The molecular weight excluding hydrogens is 296 g/mol. The quantitative estimate of drug-likeness (QED) is 0.675. The third-order valence-corrected chi connectivity index (χ3v) is 7.79. The van der Waals surface area contributed by atoms with Gasteiger partial charge in [0.25, 0.3) is 0 Å². The molecule has 0 saturated heterocycles. The highest BCUT2D eigenvalue weighted by Crippen LogP contribution is 2.46. The van der Waals surface area contributed by atoms with Crippen molar-refractivity contribution >= 4 is 5.71 Å². The van der Waals surface area contributed by atoms with Gasteiger partial charge in [-0.15, -0.1) is 0 Å². The number of nitrogens with one attached hydrogen (secondary N) is 1. The van der Waals surface area contributed by atoms with E-state index in [1.165, 1.54) is 5.71 Å². The smallest absolute Gasteiger partial charge is 0.0567 e. The third kappa shape index (κ3) is 3.42. The van der Waals surface area contributed by atoms with E-state index in [1.807, 2.05) is 0 Å². The van der Waals surface area contributed by atoms with Crippen LogP contribution in [0.15, 0.2) is 4.99 Å². The Morgan fingerprint density at radius 3 is 1.96 bits per heavy atom. The molecule has 2 saturated carbocycles. The lowest BCUT2D eigenvalue weighted by molar-refractivity contribution is 0.185. The number of aliphatic imine (C=N–C) groups is 1. The first-order chi connectivity index (χ1) is 10.8. The third-order valence-electron chi connectivity index (χ3n) is 7.79. The Morgan fingerprint density at radius 2 is 1.50 bits per heavy atom. The maximum absolute atomic E-state index is 6.47. The molecule has 2 aliphatic carbocycles. The summed E-state index contributed by atoms with van der Waals surface area (Å²) in [4.78, 5) is 5.03. The van der Waals surface area contributed by atoms with Crippen molar-refractivity contribution in [2.75, 3.05) is 6.54 Å². The summed E-state index contributed by atoms with van der Waals surface area (Å²) in [5.41, 5.74) is 14.2. The van der Waals surface area contributed by atoms with Gasteiger partial charge in [0.2, 0.25) is 0 Å². The molecule has 0 aliphatic heterocycles. The standard InChI is InChI=1S/C20H40N4/c1-14(24-16-9-12-20(7,22)18(16,4)5)10-13-23-15-8-11-19(6,21)17(15,2)3/h15-16,23H,8-13,21-22H2,1-7H3/t15-,16-,19+,20+/m0/s1. The van der Waals surface area contributed by atoms with E-state index in [2.05, 4.69) is 53.8 Å². The average Bonchev–Trinajstić information content (AvgIpc) is 2.76. The molecule has 140 valence electrons. The molecule has 0 unspecified atom stereocenters. The van der Waals surface area contributed by atoms with Crippen molar-refractivity contribution in [2.24, 2.45) is 27.3 Å². The molecule has 2 rings (SSSR count). The highest BCUT2D eigenvalue weighted by molar-refractivity contribution is 5.82. The van der Waals surface area contributed by atoms with Crippen molar-refractivity contribution in [3.63, 3.8) is 0 Å². The summed E-state index contributed by atoms with van der Waals surface area (Å²) in [6.07, 6.45) is 5.42. The summed E-state index contributed by atoms with van der Waals surface area (Å²) >= 11 is 0. The first-order valence-electron chi connectivity index (χ1n) is 9.66. The zero-order valence-electron chi connectivity index (χ0n) is 17.0. The van der Waals surface area contributed by atoms with E-state index in [9.17, 15) is 0 Å². The van der Waals surface area contributed by atoms with Gasteiger partial charge in [0, 0.05) is 34.8 Å². The average molecular weight is 337 g/mol. The lowest BCUT2D eigenvalue weighted by atomic mass is 9.75. The number of nitrogens with two attached hydrogens (primary N) is 2. The lowest BCUT2D eigenvalue weighted by Gasteiger charge is -2.39. The summed E-state index contributed by atoms with van der Waals surface area (Å²) in [5, 5.41) is 3.73. The number of nitrogens with zero attached hydrogens (tertiary/aromatic N) is 1. The van der Waals surface area contributed by atoms with Gasteiger partial charge in [-0.3, -0.25) is 4.99 Å². The zero-order chi connectivity index (χ0) is 18.4. The Kier molecular flexibility index (Phi) is 5.27. The van der Waals surface area contributed by atoms with E-state index in [0.29, 0.717) is 12.1 Å². The van der Waals surface area contributed by atoms with Crippen molar-refractivity contribution in [2.45, 2.75) is 104 Å². The minimum atomic E-state index is -0.112. The number of hydrogen-bond acceptors (Lipinski definition) is 4. The number of hydrogen-bond donors (Lipinski definition) is 3. The second-order valence-electron chi connectivity index (χ2n) is 9.99. The van der Waals surface area contributed by atoms with E-state index < -0.39 is 0 Å². The van der Waals surface area contributed by atoms with Gasteiger partial charge in [-0.25, -0.2) is 0 Å². The first-order valence-corrected chi connectivity index (χ1v) is 9.66. The van der Waals surface area contributed by atoms with Crippen LogP contribution in [0.3, 0.4) is 0 Å². The first kappa shape index (κ1) is 19.9. The molecule has 4 nitrogen and oxygen atoms in total. The van der Waals surface area contributed by atoms with Crippen LogP contribution < -0.4 is 16.8 Å². The molecule has 0 radical (unpaired) electrons. The molecular formula is C20H40N4. The predicted octanol–water partition coefficient (Wildman–Crippen LogP) is 3.24. The van der Waals surface area contributed by atoms with Crippen molar-refractivity contribution in [3.8, 4) is 0 Å². The van der Waals surface area contributed by atoms with Crippen LogP contribution in [0.5, 0.6) is 0 Å². The topological polar surface area (TPSA) is 76.4 Å². The van der Waals surface area contributed by atoms with Gasteiger partial charge in [0.05, 0.1) is 6.04 Å². The normalized spacial score (nSPS) is 41.8. The van der Waals surface area contributed by atoms with E-state index in [0.717, 1.165) is 38.6 Å². The summed E-state index contributed by atoms with van der Waals surface area (Å²) in [6.45, 7) is 16.6. The van der Waals surface area contributed by atoms with Crippen LogP contribution in [0.4, 0.5) is 0 Å². The highest BCUT2D eigenvalue weighted by atomic mass is 15.0. The Labute approximate surface area is 149 Å². The Balaban J connectivity index is 1.87.